The molecule has 118 valence electrons. The van der Waals surface area contributed by atoms with E-state index >= 15 is 0 Å². The Morgan fingerprint density at radius 3 is 2.24 bits per heavy atom. The first-order chi connectivity index (χ1) is 9.33. The maximum atomic E-state index is 13.5. The maximum Gasteiger partial charge on any atom is 0.406 e. The van der Waals surface area contributed by atoms with Crippen LogP contribution in [0.4, 0.5) is 22.0 Å². The predicted molar refractivity (Wildman–Crippen MR) is 60.7 cm³/mol. The minimum atomic E-state index is -4.75. The SMILES string of the molecule is CN(CC(F)(F)F)C(=O)c1cc(S(N)(=O)=O)cc(F)c1F. The van der Waals surface area contributed by atoms with Crippen molar-refractivity contribution >= 4 is 15.9 Å². The Morgan fingerprint density at radius 1 is 1.29 bits per heavy atom. The molecule has 1 aromatic carbocycles. The molecule has 0 aromatic heterocycles. The number of nitrogens with two attached hydrogens (primary N) is 1. The van der Waals surface area contributed by atoms with Gasteiger partial charge in [0.2, 0.25) is 10.0 Å². The van der Waals surface area contributed by atoms with Gasteiger partial charge in [0.1, 0.15) is 6.54 Å². The number of rotatable bonds is 3. The maximum absolute atomic E-state index is 13.5. The summed E-state index contributed by atoms with van der Waals surface area (Å²) in [4.78, 5) is 10.8. The predicted octanol–water partition coefficient (Wildman–Crippen LogP) is 1.25. The number of nitrogens with zero attached hydrogens (tertiary/aromatic N) is 1. The molecule has 0 aliphatic carbocycles. The molecule has 5 nitrogen and oxygen atoms in total. The number of carbonyl (C=O) groups is 1. The minimum absolute atomic E-state index is 0.0742. The van der Waals surface area contributed by atoms with E-state index in [2.05, 4.69) is 0 Å². The smallest absolute Gasteiger partial charge is 0.333 e. The largest absolute Gasteiger partial charge is 0.406 e. The van der Waals surface area contributed by atoms with Crippen molar-refractivity contribution in [3.63, 3.8) is 0 Å². The Bertz CT molecular complexity index is 672. The highest BCUT2D eigenvalue weighted by Gasteiger charge is 2.33. The molecule has 1 rings (SSSR count). The summed E-state index contributed by atoms with van der Waals surface area (Å²) in [5.41, 5.74) is -1.16. The normalized spacial score (nSPS) is 12.3. The molecule has 0 saturated heterocycles. The number of benzene rings is 1. The zero-order chi connectivity index (χ0) is 16.6. The number of sulfonamides is 1. The molecule has 0 unspecified atom stereocenters. The summed E-state index contributed by atoms with van der Waals surface area (Å²) in [5.74, 6) is -5.01. The average Bonchev–Trinajstić information content (AvgIpc) is 2.27. The van der Waals surface area contributed by atoms with Crippen molar-refractivity contribution in [1.29, 1.82) is 0 Å². The number of amides is 1. The molecule has 0 saturated carbocycles. The van der Waals surface area contributed by atoms with Gasteiger partial charge in [0.05, 0.1) is 10.5 Å². The summed E-state index contributed by atoms with van der Waals surface area (Å²) in [5, 5.41) is 4.70. The van der Waals surface area contributed by atoms with Crippen LogP contribution in [0, 0.1) is 11.6 Å². The van der Waals surface area contributed by atoms with Crippen LogP contribution in [-0.2, 0) is 10.0 Å². The standard InChI is InChI=1S/C10H9F5N2O3S/c1-17(4-10(13,14)15)9(18)6-2-5(21(16,19)20)3-7(11)8(6)12/h2-3H,4H2,1H3,(H2,16,19,20). The number of primary sulfonamides is 1. The highest BCUT2D eigenvalue weighted by atomic mass is 32.2. The fourth-order valence-corrected chi connectivity index (χ4v) is 1.98. The van der Waals surface area contributed by atoms with Crippen molar-refractivity contribution in [2.75, 3.05) is 13.6 Å². The van der Waals surface area contributed by atoms with E-state index in [1.807, 2.05) is 0 Å². The third kappa shape index (κ3) is 4.36. The van der Waals surface area contributed by atoms with Gasteiger partial charge in [-0.3, -0.25) is 4.79 Å². The third-order valence-corrected chi connectivity index (χ3v) is 3.22. The monoisotopic (exact) mass is 332 g/mol. The molecule has 11 heteroatoms. The van der Waals surface area contributed by atoms with Crippen LogP contribution in [-0.4, -0.2) is 39.0 Å². The van der Waals surface area contributed by atoms with Gasteiger partial charge in [0.25, 0.3) is 5.91 Å². The summed E-state index contributed by atoms with van der Waals surface area (Å²) in [6, 6.07) is 0.605. The van der Waals surface area contributed by atoms with Crippen molar-refractivity contribution in [3.05, 3.63) is 29.3 Å². The first kappa shape index (κ1) is 17.3. The van der Waals surface area contributed by atoms with E-state index < -0.39 is 50.7 Å². The molecule has 0 spiro atoms. The second kappa shape index (κ2) is 5.56. The van der Waals surface area contributed by atoms with E-state index in [0.717, 1.165) is 0 Å². The molecule has 0 heterocycles. The summed E-state index contributed by atoms with van der Waals surface area (Å²) in [6.45, 7) is -1.72. The lowest BCUT2D eigenvalue weighted by atomic mass is 10.2. The van der Waals surface area contributed by atoms with Crippen molar-refractivity contribution < 1.29 is 35.2 Å². The molecule has 1 aromatic rings. The Hall–Kier alpha value is -1.75. The van der Waals surface area contributed by atoms with E-state index in [-0.39, 0.29) is 11.0 Å². The molecule has 1 amide bonds. The summed E-state index contributed by atoms with van der Waals surface area (Å²) < 4.78 is 85.3. The zero-order valence-electron chi connectivity index (χ0n) is 10.4. The number of hydrogen-bond acceptors (Lipinski definition) is 3. The topological polar surface area (TPSA) is 80.5 Å². The third-order valence-electron chi connectivity index (χ3n) is 2.32. The molecule has 0 aliphatic heterocycles. The lowest BCUT2D eigenvalue weighted by Gasteiger charge is -2.19. The van der Waals surface area contributed by atoms with Gasteiger partial charge in [0, 0.05) is 7.05 Å². The van der Waals surface area contributed by atoms with Gasteiger partial charge >= 0.3 is 6.18 Å². The quantitative estimate of drug-likeness (QED) is 0.846. The van der Waals surface area contributed by atoms with Crippen LogP contribution in [0.2, 0.25) is 0 Å². The van der Waals surface area contributed by atoms with Gasteiger partial charge in [0.15, 0.2) is 11.6 Å². The molecular formula is C10H9F5N2O3S. The van der Waals surface area contributed by atoms with Gasteiger partial charge < -0.3 is 4.90 Å². The van der Waals surface area contributed by atoms with E-state index in [4.69, 9.17) is 5.14 Å². The van der Waals surface area contributed by atoms with Crippen molar-refractivity contribution in [2.45, 2.75) is 11.1 Å². The van der Waals surface area contributed by atoms with Gasteiger partial charge in [-0.2, -0.15) is 13.2 Å². The van der Waals surface area contributed by atoms with Gasteiger partial charge in [-0.1, -0.05) is 0 Å². The van der Waals surface area contributed by atoms with Crippen LogP contribution in [0.1, 0.15) is 10.4 Å². The van der Waals surface area contributed by atoms with Crippen molar-refractivity contribution in [1.82, 2.24) is 4.90 Å². The summed E-state index contributed by atoms with van der Waals surface area (Å²) >= 11 is 0. The number of carbonyl (C=O) groups excluding carboxylic acids is 1. The van der Waals surface area contributed by atoms with E-state index in [9.17, 15) is 35.2 Å². The van der Waals surface area contributed by atoms with Crippen molar-refractivity contribution in [2.24, 2.45) is 5.14 Å². The minimum Gasteiger partial charge on any atom is -0.333 e. The van der Waals surface area contributed by atoms with E-state index in [1.165, 1.54) is 0 Å². The Morgan fingerprint density at radius 2 is 1.81 bits per heavy atom. The van der Waals surface area contributed by atoms with E-state index in [0.29, 0.717) is 13.1 Å². The Balaban J connectivity index is 3.30. The Kier molecular flexibility index (Phi) is 4.58. The molecule has 2 N–H and O–H groups in total. The van der Waals surface area contributed by atoms with Crippen LogP contribution in [0.15, 0.2) is 17.0 Å². The van der Waals surface area contributed by atoms with Crippen LogP contribution in [0.25, 0.3) is 0 Å². The highest BCUT2D eigenvalue weighted by molar-refractivity contribution is 7.89. The second-order valence-corrected chi connectivity index (χ2v) is 5.65. The Labute approximate surface area is 116 Å². The second-order valence-electron chi connectivity index (χ2n) is 4.09. The molecule has 0 radical (unpaired) electrons. The van der Waals surface area contributed by atoms with Gasteiger partial charge in [-0.15, -0.1) is 0 Å². The van der Waals surface area contributed by atoms with E-state index in [1.54, 1.807) is 0 Å². The summed E-state index contributed by atoms with van der Waals surface area (Å²) in [6.07, 6.45) is -4.75. The molecule has 0 aliphatic rings. The fraction of sp³-hybridized carbons (Fsp3) is 0.300. The van der Waals surface area contributed by atoms with Gasteiger partial charge in [-0.05, 0) is 12.1 Å². The highest BCUT2D eigenvalue weighted by Crippen LogP contribution is 2.21. The summed E-state index contributed by atoms with van der Waals surface area (Å²) in [7, 11) is -3.75. The van der Waals surface area contributed by atoms with Crippen LogP contribution in [0.5, 0.6) is 0 Å². The number of halogens is 5. The number of alkyl halides is 3. The first-order valence-corrected chi connectivity index (χ1v) is 6.71. The first-order valence-electron chi connectivity index (χ1n) is 5.17. The molecule has 0 atom stereocenters. The molecule has 0 bridgehead atoms. The average molecular weight is 332 g/mol. The lowest BCUT2D eigenvalue weighted by Crippen LogP contribution is -2.36. The van der Waals surface area contributed by atoms with Gasteiger partial charge in [-0.25, -0.2) is 22.3 Å². The van der Waals surface area contributed by atoms with Crippen LogP contribution < -0.4 is 5.14 Å². The number of hydrogen-bond donors (Lipinski definition) is 1. The van der Waals surface area contributed by atoms with Crippen LogP contribution in [0.3, 0.4) is 0 Å². The zero-order valence-corrected chi connectivity index (χ0v) is 11.2. The molecule has 21 heavy (non-hydrogen) atoms. The van der Waals surface area contributed by atoms with Crippen molar-refractivity contribution in [3.8, 4) is 0 Å². The molecule has 0 fully saturated rings. The molecular weight excluding hydrogens is 323 g/mol. The van der Waals surface area contributed by atoms with Crippen LogP contribution >= 0.6 is 0 Å². The fourth-order valence-electron chi connectivity index (χ4n) is 1.43. The lowest BCUT2D eigenvalue weighted by molar-refractivity contribution is -0.138.